The highest BCUT2D eigenvalue weighted by Crippen LogP contribution is 2.50. The van der Waals surface area contributed by atoms with Gasteiger partial charge in [-0.05, 0) is 25.5 Å². The van der Waals surface area contributed by atoms with Crippen molar-refractivity contribution >= 4 is 11.6 Å². The molecule has 1 aromatic rings. The zero-order valence-electron chi connectivity index (χ0n) is 12.6. The van der Waals surface area contributed by atoms with Gasteiger partial charge in [0, 0.05) is 36.5 Å². The van der Waals surface area contributed by atoms with E-state index in [9.17, 15) is 4.79 Å². The summed E-state index contributed by atoms with van der Waals surface area (Å²) in [5.74, 6) is -0.159. The van der Waals surface area contributed by atoms with E-state index in [-0.39, 0.29) is 17.4 Å². The third-order valence-corrected chi connectivity index (χ3v) is 4.50. The molecule has 0 aromatic carbocycles. The third-order valence-electron chi connectivity index (χ3n) is 4.50. The molecule has 0 spiro atoms. The summed E-state index contributed by atoms with van der Waals surface area (Å²) in [6.07, 6.45) is 3.94. The molecule has 1 aliphatic carbocycles. The lowest BCUT2D eigenvalue weighted by molar-refractivity contribution is -0.166. The van der Waals surface area contributed by atoms with Crippen LogP contribution in [0.4, 0.5) is 5.69 Å². The number of nitrogens with two attached hydrogens (primary N) is 1. The Kier molecular flexibility index (Phi) is 3.84. The summed E-state index contributed by atoms with van der Waals surface area (Å²) < 4.78 is 5.64. The second-order valence-corrected chi connectivity index (χ2v) is 5.99. The summed E-state index contributed by atoms with van der Waals surface area (Å²) in [6, 6.07) is 1.78. The molecule has 0 bridgehead atoms. The van der Waals surface area contributed by atoms with Crippen molar-refractivity contribution in [1.82, 2.24) is 4.98 Å². The monoisotopic (exact) mass is 277 g/mol. The molecule has 0 radical (unpaired) electrons. The van der Waals surface area contributed by atoms with Crippen molar-refractivity contribution in [1.29, 1.82) is 0 Å². The predicted octanol–water partition coefficient (Wildman–Crippen LogP) is 1.86. The van der Waals surface area contributed by atoms with Gasteiger partial charge in [-0.15, -0.1) is 0 Å². The van der Waals surface area contributed by atoms with Gasteiger partial charge in [-0.25, -0.2) is 0 Å². The van der Waals surface area contributed by atoms with Crippen LogP contribution < -0.4 is 11.1 Å². The fraction of sp³-hybridized carbons (Fsp3) is 0.600. The van der Waals surface area contributed by atoms with Crippen molar-refractivity contribution in [3.63, 3.8) is 0 Å². The van der Waals surface area contributed by atoms with Gasteiger partial charge in [0.2, 0.25) is 5.91 Å². The molecule has 0 saturated heterocycles. The Morgan fingerprint density at radius 2 is 2.30 bits per heavy atom. The first-order valence-electron chi connectivity index (χ1n) is 6.95. The molecule has 0 aliphatic heterocycles. The van der Waals surface area contributed by atoms with Crippen molar-refractivity contribution in [2.24, 2.45) is 11.1 Å². The second kappa shape index (κ2) is 5.14. The minimum Gasteiger partial charge on any atom is -0.378 e. The molecular weight excluding hydrogens is 254 g/mol. The summed E-state index contributed by atoms with van der Waals surface area (Å²) in [7, 11) is 0. The summed E-state index contributed by atoms with van der Waals surface area (Å²) in [5.41, 5.74) is 6.73. The summed E-state index contributed by atoms with van der Waals surface area (Å²) >= 11 is 0. The maximum Gasteiger partial charge on any atom is 0.245 e. The van der Waals surface area contributed by atoms with E-state index in [1.54, 1.807) is 18.5 Å². The van der Waals surface area contributed by atoms with E-state index in [0.717, 1.165) is 11.3 Å². The number of aryl methyl sites for hydroxylation is 1. The second-order valence-electron chi connectivity index (χ2n) is 5.99. The van der Waals surface area contributed by atoms with Gasteiger partial charge in [-0.2, -0.15) is 0 Å². The maximum absolute atomic E-state index is 12.5. The molecule has 2 unspecified atom stereocenters. The largest absolute Gasteiger partial charge is 0.378 e. The normalized spacial score (nSPS) is 27.8. The van der Waals surface area contributed by atoms with E-state index in [4.69, 9.17) is 10.5 Å². The molecule has 3 N–H and O–H groups in total. The number of rotatable bonds is 4. The zero-order chi connectivity index (χ0) is 15.0. The van der Waals surface area contributed by atoms with E-state index in [2.05, 4.69) is 10.3 Å². The summed E-state index contributed by atoms with van der Waals surface area (Å²) in [4.78, 5) is 16.5. The van der Waals surface area contributed by atoms with E-state index in [0.29, 0.717) is 13.0 Å². The van der Waals surface area contributed by atoms with Crippen LogP contribution in [-0.4, -0.2) is 29.1 Å². The maximum atomic E-state index is 12.5. The fourth-order valence-corrected chi connectivity index (χ4v) is 2.67. The Bertz CT molecular complexity index is 516. The third kappa shape index (κ3) is 2.21. The van der Waals surface area contributed by atoms with Crippen molar-refractivity contribution in [3.8, 4) is 0 Å². The van der Waals surface area contributed by atoms with Crippen LogP contribution >= 0.6 is 0 Å². The number of amides is 1. The minimum atomic E-state index is -0.900. The Morgan fingerprint density at radius 3 is 2.85 bits per heavy atom. The van der Waals surface area contributed by atoms with Crippen LogP contribution in [0.25, 0.3) is 0 Å². The number of carbonyl (C=O) groups excluding carboxylic acids is 1. The van der Waals surface area contributed by atoms with Gasteiger partial charge >= 0.3 is 0 Å². The standard InChI is InChI=1S/C15H23N3O2/c1-5-20-12-8-15(16,14(12,3)4)13(19)18-11-6-7-17-9-10(11)2/h6-7,9,12H,5,8,16H2,1-4H3,(H,17,18,19). The first-order chi connectivity index (χ1) is 9.33. The minimum absolute atomic E-state index is 0.0294. The molecule has 1 fully saturated rings. The fourth-order valence-electron chi connectivity index (χ4n) is 2.67. The smallest absolute Gasteiger partial charge is 0.245 e. The van der Waals surface area contributed by atoms with Crippen molar-refractivity contribution in [2.45, 2.75) is 45.8 Å². The van der Waals surface area contributed by atoms with Crippen molar-refractivity contribution in [3.05, 3.63) is 24.0 Å². The molecule has 1 aliphatic rings. The number of nitrogens with zero attached hydrogens (tertiary/aromatic N) is 1. The molecule has 110 valence electrons. The highest BCUT2D eigenvalue weighted by atomic mass is 16.5. The summed E-state index contributed by atoms with van der Waals surface area (Å²) in [6.45, 7) is 8.45. The van der Waals surface area contributed by atoms with Gasteiger partial charge in [0.25, 0.3) is 0 Å². The first-order valence-corrected chi connectivity index (χ1v) is 6.95. The Hall–Kier alpha value is -1.46. The molecule has 1 aromatic heterocycles. The van der Waals surface area contributed by atoms with Crippen LogP contribution in [0.15, 0.2) is 18.5 Å². The van der Waals surface area contributed by atoms with Gasteiger partial charge < -0.3 is 15.8 Å². The number of ether oxygens (including phenoxy) is 1. The number of pyridine rings is 1. The molecule has 1 saturated carbocycles. The van der Waals surface area contributed by atoms with Crippen LogP contribution in [0.3, 0.4) is 0 Å². The topological polar surface area (TPSA) is 77.2 Å². The highest BCUT2D eigenvalue weighted by molar-refractivity contribution is 6.00. The number of anilines is 1. The first kappa shape index (κ1) is 14.9. The molecule has 2 rings (SSSR count). The predicted molar refractivity (Wildman–Crippen MR) is 78.3 cm³/mol. The van der Waals surface area contributed by atoms with Gasteiger partial charge in [0.15, 0.2) is 0 Å². The van der Waals surface area contributed by atoms with Gasteiger partial charge in [-0.3, -0.25) is 9.78 Å². The Morgan fingerprint density at radius 1 is 1.60 bits per heavy atom. The molecule has 1 amide bonds. The highest BCUT2D eigenvalue weighted by Gasteiger charge is 2.62. The summed E-state index contributed by atoms with van der Waals surface area (Å²) in [5, 5.41) is 2.91. The quantitative estimate of drug-likeness (QED) is 0.880. The zero-order valence-corrected chi connectivity index (χ0v) is 12.6. The van der Waals surface area contributed by atoms with Gasteiger partial charge in [0.1, 0.15) is 5.54 Å². The number of carbonyl (C=O) groups is 1. The van der Waals surface area contributed by atoms with Crippen molar-refractivity contribution < 1.29 is 9.53 Å². The average Bonchev–Trinajstić information content (AvgIpc) is 2.40. The van der Waals surface area contributed by atoms with E-state index < -0.39 is 5.54 Å². The van der Waals surface area contributed by atoms with Crippen LogP contribution in [-0.2, 0) is 9.53 Å². The van der Waals surface area contributed by atoms with Crippen LogP contribution in [0.5, 0.6) is 0 Å². The van der Waals surface area contributed by atoms with Crippen LogP contribution in [0.2, 0.25) is 0 Å². The molecule has 5 nitrogen and oxygen atoms in total. The van der Waals surface area contributed by atoms with Crippen LogP contribution in [0, 0.1) is 12.3 Å². The Balaban J connectivity index is 2.12. The lowest BCUT2D eigenvalue weighted by atomic mass is 9.54. The lowest BCUT2D eigenvalue weighted by Gasteiger charge is -2.57. The molecule has 2 atom stereocenters. The molecule has 5 heteroatoms. The van der Waals surface area contributed by atoms with Crippen LogP contribution in [0.1, 0.15) is 32.8 Å². The molecule has 20 heavy (non-hydrogen) atoms. The number of hydrogen-bond acceptors (Lipinski definition) is 4. The van der Waals surface area contributed by atoms with Crippen molar-refractivity contribution in [2.75, 3.05) is 11.9 Å². The van der Waals surface area contributed by atoms with Gasteiger partial charge in [-0.1, -0.05) is 13.8 Å². The number of hydrogen-bond donors (Lipinski definition) is 2. The average molecular weight is 277 g/mol. The van der Waals surface area contributed by atoms with Gasteiger partial charge in [0.05, 0.1) is 6.10 Å². The lowest BCUT2D eigenvalue weighted by Crippen LogP contribution is -2.74. The number of aromatic nitrogens is 1. The number of nitrogens with one attached hydrogen (secondary N) is 1. The molecule has 1 heterocycles. The SMILES string of the molecule is CCOC1CC(N)(C(=O)Nc2ccncc2C)C1(C)C. The Labute approximate surface area is 119 Å². The van der Waals surface area contributed by atoms with E-state index in [1.807, 2.05) is 27.7 Å². The molecular formula is C15H23N3O2. The van der Waals surface area contributed by atoms with E-state index >= 15 is 0 Å². The van der Waals surface area contributed by atoms with E-state index in [1.165, 1.54) is 0 Å².